The highest BCUT2D eigenvalue weighted by Gasteiger charge is 2.02. The number of nitrogen functional groups attached to an aromatic ring is 1. The van der Waals surface area contributed by atoms with Gasteiger partial charge in [-0.05, 0) is 30.2 Å². The monoisotopic (exact) mass is 264 g/mol. The van der Waals surface area contributed by atoms with Gasteiger partial charge in [0.15, 0.2) is 0 Å². The van der Waals surface area contributed by atoms with Crippen LogP contribution in [0.3, 0.4) is 0 Å². The van der Waals surface area contributed by atoms with Gasteiger partial charge in [0, 0.05) is 11.4 Å². The molecule has 2 aromatic rings. The Morgan fingerprint density at radius 2 is 2.06 bits per heavy atom. The number of thioether (sulfide) groups is 1. The highest BCUT2D eigenvalue weighted by molar-refractivity contribution is 7.98. The molecule has 0 atom stereocenters. The third kappa shape index (κ3) is 3.38. The smallest absolute Gasteiger partial charge is 0.132 e. The molecule has 4 heteroatoms. The molecule has 1 heterocycles. The van der Waals surface area contributed by atoms with Crippen LogP contribution in [0.2, 0.25) is 5.15 Å². The van der Waals surface area contributed by atoms with Crippen molar-refractivity contribution in [3.8, 4) is 0 Å². The summed E-state index contributed by atoms with van der Waals surface area (Å²) in [6.07, 6.45) is 0. The highest BCUT2D eigenvalue weighted by Crippen LogP contribution is 2.25. The number of pyridine rings is 1. The molecule has 0 fully saturated rings. The minimum atomic E-state index is 0.442. The van der Waals surface area contributed by atoms with Gasteiger partial charge < -0.3 is 5.73 Å². The zero-order chi connectivity index (χ0) is 12.3. The number of halogens is 1. The second-order valence-electron chi connectivity index (χ2n) is 3.78. The number of hydrogen-bond donors (Lipinski definition) is 1. The summed E-state index contributed by atoms with van der Waals surface area (Å²) in [7, 11) is 0. The van der Waals surface area contributed by atoms with Gasteiger partial charge in [-0.3, -0.25) is 0 Å². The molecule has 0 unspecified atom stereocenters. The molecule has 0 aliphatic heterocycles. The number of hydrogen-bond acceptors (Lipinski definition) is 3. The predicted octanol–water partition coefficient (Wildman–Crippen LogP) is 3.92. The van der Waals surface area contributed by atoms with Crippen molar-refractivity contribution >= 4 is 29.1 Å². The summed E-state index contributed by atoms with van der Waals surface area (Å²) in [6, 6.07) is 11.8. The lowest BCUT2D eigenvalue weighted by Crippen LogP contribution is -1.90. The van der Waals surface area contributed by atoms with Crippen molar-refractivity contribution < 1.29 is 0 Å². The lowest BCUT2D eigenvalue weighted by Gasteiger charge is -2.05. The van der Waals surface area contributed by atoms with Crippen molar-refractivity contribution in [2.75, 3.05) is 5.73 Å². The SMILES string of the molecule is Cc1ccccc1CSc1cc(N)cc(Cl)n1. The van der Waals surface area contributed by atoms with E-state index in [1.807, 2.05) is 18.2 Å². The second kappa shape index (κ2) is 5.43. The van der Waals surface area contributed by atoms with Gasteiger partial charge in [-0.15, -0.1) is 11.8 Å². The van der Waals surface area contributed by atoms with E-state index in [9.17, 15) is 0 Å². The first kappa shape index (κ1) is 12.3. The molecule has 0 bridgehead atoms. The molecule has 0 spiro atoms. The third-order valence-corrected chi connectivity index (χ3v) is 3.58. The van der Waals surface area contributed by atoms with Crippen molar-refractivity contribution in [3.05, 3.63) is 52.7 Å². The van der Waals surface area contributed by atoms with Crippen molar-refractivity contribution in [1.29, 1.82) is 0 Å². The van der Waals surface area contributed by atoms with Gasteiger partial charge in [0.05, 0.1) is 0 Å². The molecular formula is C13H13ClN2S. The highest BCUT2D eigenvalue weighted by atomic mass is 35.5. The van der Waals surface area contributed by atoms with Crippen LogP contribution in [0.15, 0.2) is 41.4 Å². The van der Waals surface area contributed by atoms with Gasteiger partial charge in [0.1, 0.15) is 10.2 Å². The van der Waals surface area contributed by atoms with Crippen LogP contribution in [0.25, 0.3) is 0 Å². The Labute approximate surface area is 110 Å². The standard InChI is InChI=1S/C13H13ClN2S/c1-9-4-2-3-5-10(9)8-17-13-7-11(15)6-12(14)16-13/h2-7H,8H2,1H3,(H2,15,16). The quantitative estimate of drug-likeness (QED) is 0.675. The topological polar surface area (TPSA) is 38.9 Å². The number of nitrogens with two attached hydrogens (primary N) is 1. The number of anilines is 1. The maximum Gasteiger partial charge on any atom is 0.132 e. The van der Waals surface area contributed by atoms with Gasteiger partial charge in [-0.2, -0.15) is 0 Å². The molecule has 0 amide bonds. The van der Waals surface area contributed by atoms with E-state index in [2.05, 4.69) is 24.0 Å². The zero-order valence-corrected chi connectivity index (χ0v) is 11.1. The average Bonchev–Trinajstić information content (AvgIpc) is 2.27. The van der Waals surface area contributed by atoms with Gasteiger partial charge in [-0.25, -0.2) is 4.98 Å². The molecular weight excluding hydrogens is 252 g/mol. The van der Waals surface area contributed by atoms with Crippen LogP contribution in [0.4, 0.5) is 5.69 Å². The van der Waals surface area contributed by atoms with E-state index in [1.165, 1.54) is 11.1 Å². The van der Waals surface area contributed by atoms with Gasteiger partial charge in [0.2, 0.25) is 0 Å². The van der Waals surface area contributed by atoms with Gasteiger partial charge in [-0.1, -0.05) is 35.9 Å². The van der Waals surface area contributed by atoms with Crippen LogP contribution < -0.4 is 5.73 Å². The molecule has 17 heavy (non-hydrogen) atoms. The molecule has 1 aromatic carbocycles. The lowest BCUT2D eigenvalue weighted by atomic mass is 10.1. The molecule has 2 nitrogen and oxygen atoms in total. The molecule has 0 radical (unpaired) electrons. The van der Waals surface area contributed by atoms with E-state index in [0.29, 0.717) is 10.8 Å². The number of aryl methyl sites for hydroxylation is 1. The third-order valence-electron chi connectivity index (χ3n) is 2.43. The fourth-order valence-corrected chi connectivity index (χ4v) is 2.77. The Hall–Kier alpha value is -1.19. The normalized spacial score (nSPS) is 10.5. The largest absolute Gasteiger partial charge is 0.399 e. The second-order valence-corrected chi connectivity index (χ2v) is 5.16. The predicted molar refractivity (Wildman–Crippen MR) is 74.4 cm³/mol. The molecule has 1 aromatic heterocycles. The Morgan fingerprint density at radius 3 is 2.76 bits per heavy atom. The molecule has 0 saturated heterocycles. The fourth-order valence-electron chi connectivity index (χ4n) is 1.49. The molecule has 2 N–H and O–H groups in total. The van der Waals surface area contributed by atoms with E-state index in [0.717, 1.165) is 10.8 Å². The van der Waals surface area contributed by atoms with Crippen molar-refractivity contribution in [1.82, 2.24) is 4.98 Å². The van der Waals surface area contributed by atoms with Crippen molar-refractivity contribution in [3.63, 3.8) is 0 Å². The van der Waals surface area contributed by atoms with Crippen molar-refractivity contribution in [2.45, 2.75) is 17.7 Å². The van der Waals surface area contributed by atoms with E-state index in [1.54, 1.807) is 17.8 Å². The maximum atomic E-state index is 5.86. The first-order valence-corrected chi connectivity index (χ1v) is 6.62. The molecule has 0 aliphatic carbocycles. The number of rotatable bonds is 3. The van der Waals surface area contributed by atoms with Crippen LogP contribution in [0.1, 0.15) is 11.1 Å². The van der Waals surface area contributed by atoms with Crippen LogP contribution in [0, 0.1) is 6.92 Å². The minimum absolute atomic E-state index is 0.442. The average molecular weight is 265 g/mol. The molecule has 2 rings (SSSR count). The summed E-state index contributed by atoms with van der Waals surface area (Å²) in [5.41, 5.74) is 8.96. The van der Waals surface area contributed by atoms with E-state index in [-0.39, 0.29) is 0 Å². The Morgan fingerprint density at radius 1 is 1.29 bits per heavy atom. The first-order chi connectivity index (χ1) is 8.15. The molecule has 0 aliphatic rings. The Kier molecular flexibility index (Phi) is 3.92. The Bertz CT molecular complexity index is 508. The van der Waals surface area contributed by atoms with E-state index < -0.39 is 0 Å². The summed E-state index contributed by atoms with van der Waals surface area (Å²) in [4.78, 5) is 4.23. The number of aromatic nitrogens is 1. The van der Waals surface area contributed by atoms with Crippen LogP contribution in [-0.2, 0) is 5.75 Å². The maximum absolute atomic E-state index is 5.86. The summed E-state index contributed by atoms with van der Waals surface area (Å²) < 4.78 is 0. The Balaban J connectivity index is 2.10. The van der Waals surface area contributed by atoms with Gasteiger partial charge >= 0.3 is 0 Å². The summed E-state index contributed by atoms with van der Waals surface area (Å²) >= 11 is 7.50. The molecule has 0 saturated carbocycles. The van der Waals surface area contributed by atoms with E-state index >= 15 is 0 Å². The van der Waals surface area contributed by atoms with Crippen molar-refractivity contribution in [2.24, 2.45) is 0 Å². The summed E-state index contributed by atoms with van der Waals surface area (Å²) in [5.74, 6) is 0.874. The van der Waals surface area contributed by atoms with Crippen LogP contribution in [0.5, 0.6) is 0 Å². The van der Waals surface area contributed by atoms with Crippen LogP contribution >= 0.6 is 23.4 Å². The van der Waals surface area contributed by atoms with E-state index in [4.69, 9.17) is 17.3 Å². The molecule has 88 valence electrons. The number of benzene rings is 1. The summed E-state index contributed by atoms with van der Waals surface area (Å²) in [6.45, 7) is 2.11. The summed E-state index contributed by atoms with van der Waals surface area (Å²) in [5, 5.41) is 1.30. The minimum Gasteiger partial charge on any atom is -0.399 e. The van der Waals surface area contributed by atoms with Gasteiger partial charge in [0.25, 0.3) is 0 Å². The first-order valence-electron chi connectivity index (χ1n) is 5.25. The zero-order valence-electron chi connectivity index (χ0n) is 9.48. The number of nitrogens with zero attached hydrogens (tertiary/aromatic N) is 1. The fraction of sp³-hybridized carbons (Fsp3) is 0.154. The lowest BCUT2D eigenvalue weighted by molar-refractivity contribution is 1.13. The van der Waals surface area contributed by atoms with Crippen LogP contribution in [-0.4, -0.2) is 4.98 Å².